The lowest BCUT2D eigenvalue weighted by Crippen LogP contribution is -2.46. The molecule has 15 nitrogen and oxygen atoms in total. The average molecular weight is 1420 g/mol. The molecule has 0 radical (unpaired) electrons. The Kier molecular flexibility index (Phi) is 23.5. The van der Waals surface area contributed by atoms with Gasteiger partial charge in [-0.1, -0.05) is 86.4 Å². The smallest absolute Gasteiger partial charge is 0.418 e. The van der Waals surface area contributed by atoms with Crippen LogP contribution >= 0.6 is 34.8 Å². The van der Waals surface area contributed by atoms with E-state index in [0.29, 0.717) is 61.9 Å². The van der Waals surface area contributed by atoms with Crippen LogP contribution in [0.4, 0.5) is 32.4 Å². The van der Waals surface area contributed by atoms with Crippen molar-refractivity contribution in [3.63, 3.8) is 0 Å². The fraction of sp³-hybridized carbons (Fsp3) is 0.378. The molecule has 2 saturated heterocycles. The third kappa shape index (κ3) is 17.6. The maximum Gasteiger partial charge on any atom is 0.418 e. The van der Waals surface area contributed by atoms with Crippen LogP contribution in [-0.4, -0.2) is 84.8 Å². The zero-order valence-corrected chi connectivity index (χ0v) is 57.8. The van der Waals surface area contributed by atoms with Gasteiger partial charge in [-0.25, -0.2) is 13.6 Å². The van der Waals surface area contributed by atoms with Gasteiger partial charge in [-0.05, 0) is 170 Å². The fourth-order valence-corrected chi connectivity index (χ4v) is 15.5. The molecule has 4 unspecified atom stereocenters. The van der Waals surface area contributed by atoms with Crippen LogP contribution in [0.1, 0.15) is 148 Å². The summed E-state index contributed by atoms with van der Waals surface area (Å²) in [6.45, 7) is 13.4. The van der Waals surface area contributed by atoms with E-state index < -0.39 is 44.7 Å². The lowest BCUT2D eigenvalue weighted by molar-refractivity contribution is -0.136. The highest BCUT2D eigenvalue weighted by Crippen LogP contribution is 2.49. The summed E-state index contributed by atoms with van der Waals surface area (Å²) in [6, 6.07) is 34.1. The van der Waals surface area contributed by atoms with E-state index in [-0.39, 0.29) is 78.0 Å². The molecule has 0 saturated carbocycles. The molecule has 3 aliphatic heterocycles. The van der Waals surface area contributed by atoms with Gasteiger partial charge in [-0.3, -0.25) is 18.8 Å². The number of nitrogens with one attached hydrogen (secondary N) is 2. The standard InChI is InChI=1S/C22H22N4O2.C19H15Cl2F2NO3.C17H21ClN2.C15H15F3N2OS.CH4/c1-14(2)28-22(27)25-17-10-19-18-9-15(12-23)6-7-20(18)26(21(19)11-17)13-16-5-3-4-8-24-16;1-19(22,23)11-4-2-10(3-5-11)6-15(25)17-13-7-12(20)8-14(21)18(13)27-9-16(26)24-17;1-11-15(7-4-12(10-19)16(11)18)20-13-5-6-14(20)9-17(2,3)8-13;1-10(9-22(2,3)21)20-7-6-12-13(20)5-4-11(8-19)14(12)15(16,17)18;/h3-9,14,17H,10-11,13H2,1-2H3,(H,25,27);2-5,7-8,17H,6,9H2,1H3,(H,24,26);4,7,13-14H,5-6,8-9H2,1-3H3;4-7,10H,2,9H2,1,3H3;1H4/t17-;;;10-,22?;/m0..1./s1. The summed E-state index contributed by atoms with van der Waals surface area (Å²) >= 11 is 18.5. The average Bonchev–Trinajstić information content (AvgIpc) is 1.59. The van der Waals surface area contributed by atoms with E-state index in [4.69, 9.17) is 54.8 Å². The van der Waals surface area contributed by atoms with Crippen LogP contribution in [0.25, 0.3) is 21.8 Å². The van der Waals surface area contributed by atoms with Gasteiger partial charge in [0.05, 0.1) is 62.8 Å². The second-order valence-corrected chi connectivity index (χ2v) is 30.1. The Hall–Kier alpha value is -8.65. The molecule has 24 heteroatoms. The van der Waals surface area contributed by atoms with Crippen LogP contribution in [0.3, 0.4) is 0 Å². The minimum atomic E-state index is -4.61. The number of alkyl halides is 5. The molecule has 8 aromatic rings. The van der Waals surface area contributed by atoms with Gasteiger partial charge in [-0.2, -0.15) is 29.0 Å². The molecule has 0 spiro atoms. The van der Waals surface area contributed by atoms with Gasteiger partial charge in [0, 0.05) is 118 Å². The van der Waals surface area contributed by atoms with Gasteiger partial charge in [0.2, 0.25) is 0 Å². The largest absolute Gasteiger partial charge is 0.482 e. The number of halogens is 8. The van der Waals surface area contributed by atoms with E-state index in [1.54, 1.807) is 23.8 Å². The van der Waals surface area contributed by atoms with Gasteiger partial charge < -0.3 is 34.1 Å². The van der Waals surface area contributed by atoms with Crippen molar-refractivity contribution < 1.29 is 50.0 Å². The number of Topliss-reactive ketones (excluding diaryl/α,β-unsaturated/α-hetero) is 1. The number of anilines is 1. The highest BCUT2D eigenvalue weighted by Gasteiger charge is 2.45. The predicted molar refractivity (Wildman–Crippen MR) is 376 cm³/mol. The first-order chi connectivity index (χ1) is 45.7. The van der Waals surface area contributed by atoms with Crippen molar-refractivity contribution in [2.75, 3.05) is 23.5 Å². The summed E-state index contributed by atoms with van der Waals surface area (Å²) in [5.41, 5.74) is 8.21. The second-order valence-electron chi connectivity index (χ2n) is 26.2. The van der Waals surface area contributed by atoms with Crippen LogP contribution in [-0.2, 0) is 61.8 Å². The van der Waals surface area contributed by atoms with Gasteiger partial charge in [0.25, 0.3) is 11.8 Å². The van der Waals surface area contributed by atoms with Crippen molar-refractivity contribution in [2.24, 2.45) is 5.41 Å². The fourth-order valence-electron chi connectivity index (χ4n) is 13.5. The number of benzene rings is 5. The van der Waals surface area contributed by atoms with E-state index in [9.17, 15) is 45.8 Å². The van der Waals surface area contributed by atoms with Gasteiger partial charge in [0.1, 0.15) is 17.9 Å². The van der Waals surface area contributed by atoms with Crippen molar-refractivity contribution in [3.05, 3.63) is 192 Å². The first kappa shape index (κ1) is 75.1. The molecule has 2 fully saturated rings. The Labute approximate surface area is 583 Å². The molecule has 6 atom stereocenters. The Morgan fingerprint density at radius 3 is 2.14 bits per heavy atom. The molecule has 4 aliphatic rings. The second kappa shape index (κ2) is 30.6. The Bertz CT molecular complexity index is 4540. The van der Waals surface area contributed by atoms with E-state index >= 15 is 0 Å². The number of piperidine rings is 1. The molecule has 516 valence electrons. The molecule has 2 N–H and O–H groups in total. The van der Waals surface area contributed by atoms with Crippen LogP contribution in [0, 0.1) is 46.3 Å². The number of ether oxygens (including phenoxy) is 2. The molecule has 5 aromatic carbocycles. The number of nitriles is 3. The summed E-state index contributed by atoms with van der Waals surface area (Å²) < 4.78 is 92.6. The Morgan fingerprint density at radius 2 is 1.54 bits per heavy atom. The number of aromatic nitrogens is 3. The maximum absolute atomic E-state index is 13.3. The van der Waals surface area contributed by atoms with Crippen LogP contribution in [0.15, 0.2) is 116 Å². The first-order valence-corrected chi connectivity index (χ1v) is 34.8. The van der Waals surface area contributed by atoms with Gasteiger partial charge in [-0.15, -0.1) is 0 Å². The molecular formula is C74H77Cl3F5N9O6S. The minimum absolute atomic E-state index is 0. The zero-order chi connectivity index (χ0) is 70.6. The van der Waals surface area contributed by atoms with Crippen LogP contribution in [0.5, 0.6) is 5.75 Å². The number of hydrogen-bond acceptors (Lipinski definition) is 11. The number of fused-ring (bicyclic) bond motifs is 7. The number of ketones is 1. The summed E-state index contributed by atoms with van der Waals surface area (Å²) in [6.07, 6.45) is 6.15. The Balaban J connectivity index is 0.000000168. The molecule has 1 aliphatic carbocycles. The van der Waals surface area contributed by atoms with Gasteiger partial charge >= 0.3 is 12.3 Å². The molecule has 12 rings (SSSR count). The maximum atomic E-state index is 13.3. The molecular weight excluding hydrogens is 1340 g/mol. The minimum Gasteiger partial charge on any atom is -0.482 e. The van der Waals surface area contributed by atoms with Gasteiger partial charge in [0.15, 0.2) is 12.4 Å². The summed E-state index contributed by atoms with van der Waals surface area (Å²) in [5.74, 6) is 0.285. The zero-order valence-electron chi connectivity index (χ0n) is 54.7. The molecule has 2 bridgehead atoms. The Morgan fingerprint density at radius 1 is 0.878 bits per heavy atom. The summed E-state index contributed by atoms with van der Waals surface area (Å²) in [5, 5.41) is 35.0. The van der Waals surface area contributed by atoms with Crippen molar-refractivity contribution in [3.8, 4) is 24.0 Å². The highest BCUT2D eigenvalue weighted by atomic mass is 35.5. The van der Waals surface area contributed by atoms with Crippen molar-refractivity contribution in [1.29, 1.82) is 15.8 Å². The number of nitrogens with zero attached hydrogens (tertiary/aromatic N) is 7. The SMILES string of the molecule is C.C=S(C)(=O)C[C@@H](C)n1ccc2c(C(F)(F)F)c(C#N)ccc21.CC(C)OC(=O)N[C@H]1Cc2c(n(Cc3ccccn3)c3ccc(C#N)cc23)C1.CC(F)(F)c1ccc(CC(=O)C2NC(=O)COc3c(Cl)cc(Cl)cc32)cc1.Cc1c(N2C3CCC2CC(C)(C)C3)ccc(C#N)c1Cl. The number of rotatable bonds is 12. The number of hydrogen-bond donors (Lipinski definition) is 2. The van der Waals surface area contributed by atoms with E-state index in [1.165, 1.54) is 110 Å². The molecule has 2 amide bonds. The normalized spacial score (nSPS) is 18.3. The first-order valence-electron chi connectivity index (χ1n) is 31.4. The third-order valence-corrected chi connectivity index (χ3v) is 19.7. The van der Waals surface area contributed by atoms with E-state index in [2.05, 4.69) is 63.0 Å². The lowest BCUT2D eigenvalue weighted by Gasteiger charge is -2.45. The van der Waals surface area contributed by atoms with Crippen molar-refractivity contribution in [2.45, 2.75) is 156 Å². The lowest BCUT2D eigenvalue weighted by atomic mass is 9.78. The number of carbonyl (C=O) groups excluding carboxylic acids is 3. The number of carbonyl (C=O) groups is 3. The predicted octanol–water partition coefficient (Wildman–Crippen LogP) is 16.8. The van der Waals surface area contributed by atoms with Crippen molar-refractivity contribution >= 4 is 95.5 Å². The highest BCUT2D eigenvalue weighted by molar-refractivity contribution is 7.99. The van der Waals surface area contributed by atoms with Crippen LogP contribution in [0.2, 0.25) is 15.1 Å². The molecule has 3 aromatic heterocycles. The topological polar surface area (TPSA) is 208 Å². The van der Waals surface area contributed by atoms with Crippen LogP contribution < -0.4 is 20.3 Å². The quantitative estimate of drug-likeness (QED) is 0.0868. The van der Waals surface area contributed by atoms with Crippen molar-refractivity contribution in [1.82, 2.24) is 24.8 Å². The number of amides is 2. The number of pyridine rings is 1. The van der Waals surface area contributed by atoms with E-state index in [0.717, 1.165) is 41.9 Å². The summed E-state index contributed by atoms with van der Waals surface area (Å²) in [7, 11) is -2.26. The summed E-state index contributed by atoms with van der Waals surface area (Å²) in [4.78, 5) is 43.8. The molecule has 6 heterocycles. The third-order valence-electron chi connectivity index (χ3n) is 17.5. The molecule has 98 heavy (non-hydrogen) atoms. The van der Waals surface area contributed by atoms with E-state index in [1.807, 2.05) is 63.2 Å². The monoisotopic (exact) mass is 1420 g/mol. The number of alkyl carbamates (subject to hydrolysis) is 1.